The fraction of sp³-hybridized carbons (Fsp3) is 0.0741. The minimum Gasteiger partial charge on any atom is -0.507 e. The van der Waals surface area contributed by atoms with Crippen molar-refractivity contribution in [1.29, 1.82) is 0 Å². The second kappa shape index (κ2) is 8.83. The molecule has 5 aromatic rings. The van der Waals surface area contributed by atoms with Crippen LogP contribution in [0, 0.1) is 0 Å². The first-order chi connectivity index (χ1) is 16.9. The third-order valence-corrected chi connectivity index (χ3v) is 5.89. The smallest absolute Gasteiger partial charge is 0.335 e. The van der Waals surface area contributed by atoms with Gasteiger partial charge in [-0.25, -0.2) is 9.78 Å². The highest BCUT2D eigenvalue weighted by Gasteiger charge is 2.16. The van der Waals surface area contributed by atoms with E-state index in [1.165, 1.54) is 24.6 Å². The molecule has 5 rings (SSSR count). The van der Waals surface area contributed by atoms with Crippen molar-refractivity contribution >= 4 is 33.7 Å². The number of nitrogens with one attached hydrogen (secondary N) is 1. The fourth-order valence-electron chi connectivity index (χ4n) is 3.99. The minimum atomic E-state index is -1.03. The predicted molar refractivity (Wildman–Crippen MR) is 129 cm³/mol. The van der Waals surface area contributed by atoms with Crippen LogP contribution in [-0.4, -0.2) is 32.2 Å². The number of carbonyl (C=O) groups is 2. The molecule has 0 spiro atoms. The summed E-state index contributed by atoms with van der Waals surface area (Å²) in [6, 6.07) is 18.1. The van der Waals surface area contributed by atoms with Crippen molar-refractivity contribution < 1.29 is 29.3 Å². The quantitative estimate of drug-likeness (QED) is 0.286. The Morgan fingerprint density at radius 3 is 2.40 bits per heavy atom. The minimum absolute atomic E-state index is 0.0854. The van der Waals surface area contributed by atoms with Gasteiger partial charge in [0.1, 0.15) is 17.0 Å². The average molecular weight is 468 g/mol. The Labute approximate surface area is 199 Å². The number of phenolic OH excluding ortho intramolecular Hbond substituents is 2. The molecule has 35 heavy (non-hydrogen) atoms. The number of aromatic nitrogens is 1. The van der Waals surface area contributed by atoms with E-state index in [0.717, 1.165) is 11.1 Å². The molecule has 0 aliphatic heterocycles. The number of hydrogen-bond donors (Lipinski definition) is 4. The Bertz CT molecular complexity index is 1590. The van der Waals surface area contributed by atoms with E-state index in [4.69, 9.17) is 9.52 Å². The van der Waals surface area contributed by atoms with Crippen molar-refractivity contribution in [3.8, 4) is 11.5 Å². The number of hydrogen-bond acceptors (Lipinski definition) is 6. The molecule has 174 valence electrons. The number of amides is 1. The monoisotopic (exact) mass is 468 g/mol. The molecule has 0 radical (unpaired) electrons. The Hall–Kier alpha value is -4.85. The van der Waals surface area contributed by atoms with E-state index in [1.54, 1.807) is 36.4 Å². The van der Waals surface area contributed by atoms with Gasteiger partial charge >= 0.3 is 5.97 Å². The molecule has 0 aliphatic carbocycles. The van der Waals surface area contributed by atoms with E-state index >= 15 is 0 Å². The van der Waals surface area contributed by atoms with E-state index < -0.39 is 5.97 Å². The topological polar surface area (TPSA) is 133 Å². The van der Waals surface area contributed by atoms with Crippen LogP contribution in [0.4, 0.5) is 0 Å². The van der Waals surface area contributed by atoms with Crippen LogP contribution in [0.25, 0.3) is 21.9 Å². The summed E-state index contributed by atoms with van der Waals surface area (Å²) in [4.78, 5) is 28.0. The van der Waals surface area contributed by atoms with Gasteiger partial charge in [-0.2, -0.15) is 0 Å². The molecule has 1 amide bonds. The van der Waals surface area contributed by atoms with Crippen LogP contribution in [0.5, 0.6) is 11.5 Å². The third kappa shape index (κ3) is 4.37. The van der Waals surface area contributed by atoms with Crippen molar-refractivity contribution in [2.75, 3.05) is 0 Å². The Balaban J connectivity index is 1.38. The zero-order valence-corrected chi connectivity index (χ0v) is 18.4. The summed E-state index contributed by atoms with van der Waals surface area (Å²) < 4.78 is 5.23. The second-order valence-electron chi connectivity index (χ2n) is 8.17. The van der Waals surface area contributed by atoms with Gasteiger partial charge in [0.15, 0.2) is 12.0 Å². The molecule has 4 aromatic carbocycles. The van der Waals surface area contributed by atoms with E-state index in [9.17, 15) is 19.8 Å². The number of carboxylic acid groups (broad SMARTS) is 1. The molecule has 4 N–H and O–H groups in total. The van der Waals surface area contributed by atoms with Gasteiger partial charge in [0.2, 0.25) is 0 Å². The van der Waals surface area contributed by atoms with Crippen LogP contribution in [0.3, 0.4) is 0 Å². The second-order valence-corrected chi connectivity index (χ2v) is 8.17. The molecule has 0 saturated heterocycles. The average Bonchev–Trinajstić information content (AvgIpc) is 3.33. The number of aromatic hydroxyl groups is 2. The summed E-state index contributed by atoms with van der Waals surface area (Å²) in [5.74, 6) is -1.56. The highest BCUT2D eigenvalue weighted by atomic mass is 16.4. The molecule has 0 fully saturated rings. The van der Waals surface area contributed by atoms with Crippen LogP contribution in [0.1, 0.15) is 37.4 Å². The fourth-order valence-corrected chi connectivity index (χ4v) is 3.99. The number of phenols is 2. The number of nitrogens with zero attached hydrogens (tertiary/aromatic N) is 1. The maximum absolute atomic E-state index is 12.8. The number of carbonyl (C=O) groups excluding carboxylic acids is 1. The summed E-state index contributed by atoms with van der Waals surface area (Å²) in [5, 5.41) is 34.4. The molecular weight excluding hydrogens is 448 g/mol. The summed E-state index contributed by atoms with van der Waals surface area (Å²) in [6.07, 6.45) is 1.56. The van der Waals surface area contributed by atoms with Crippen LogP contribution >= 0.6 is 0 Å². The van der Waals surface area contributed by atoms with E-state index in [2.05, 4.69) is 10.3 Å². The van der Waals surface area contributed by atoms with Crippen LogP contribution in [-0.2, 0) is 13.0 Å². The molecule has 0 aliphatic rings. The van der Waals surface area contributed by atoms with Crippen LogP contribution < -0.4 is 5.32 Å². The van der Waals surface area contributed by atoms with Gasteiger partial charge in [-0.1, -0.05) is 24.3 Å². The number of carboxylic acids is 1. The Morgan fingerprint density at radius 1 is 0.886 bits per heavy atom. The SMILES string of the molecule is O=C(O)c1ccc(Cc2c(O)cc3ccc(C(=O)NCc4ccc5ocnc5c4)cc3c2O)cc1. The maximum atomic E-state index is 12.8. The molecule has 8 nitrogen and oxygen atoms in total. The zero-order valence-electron chi connectivity index (χ0n) is 18.4. The normalized spacial score (nSPS) is 11.1. The van der Waals surface area contributed by atoms with Crippen LogP contribution in [0.15, 0.2) is 77.5 Å². The highest BCUT2D eigenvalue weighted by molar-refractivity contribution is 6.01. The molecule has 8 heteroatoms. The van der Waals surface area contributed by atoms with Gasteiger partial charge < -0.3 is 25.1 Å². The Morgan fingerprint density at radius 2 is 1.63 bits per heavy atom. The highest BCUT2D eigenvalue weighted by Crippen LogP contribution is 2.37. The summed E-state index contributed by atoms with van der Waals surface area (Å²) >= 11 is 0. The summed E-state index contributed by atoms with van der Waals surface area (Å²) in [7, 11) is 0. The molecule has 1 aromatic heterocycles. The van der Waals surface area contributed by atoms with E-state index in [0.29, 0.717) is 39.5 Å². The third-order valence-electron chi connectivity index (χ3n) is 5.89. The van der Waals surface area contributed by atoms with Gasteiger partial charge in [-0.05, 0) is 59.0 Å². The first kappa shape index (κ1) is 22.0. The molecule has 0 atom stereocenters. The van der Waals surface area contributed by atoms with Gasteiger partial charge in [0.05, 0.1) is 5.56 Å². The molecule has 1 heterocycles. The Kier molecular flexibility index (Phi) is 5.54. The summed E-state index contributed by atoms with van der Waals surface area (Å²) in [5.41, 5.74) is 3.76. The van der Waals surface area contributed by atoms with E-state index in [-0.39, 0.29) is 29.4 Å². The number of fused-ring (bicyclic) bond motifs is 2. The van der Waals surface area contributed by atoms with Gasteiger partial charge in [0, 0.05) is 29.5 Å². The lowest BCUT2D eigenvalue weighted by Crippen LogP contribution is -2.22. The molecule has 0 unspecified atom stereocenters. The lowest BCUT2D eigenvalue weighted by molar-refractivity contribution is 0.0696. The van der Waals surface area contributed by atoms with Gasteiger partial charge in [-0.3, -0.25) is 4.79 Å². The lowest BCUT2D eigenvalue weighted by Gasteiger charge is -2.12. The van der Waals surface area contributed by atoms with Crippen molar-refractivity contribution in [1.82, 2.24) is 10.3 Å². The molecular formula is C27H20N2O6. The first-order valence-electron chi connectivity index (χ1n) is 10.8. The van der Waals surface area contributed by atoms with Crippen molar-refractivity contribution in [3.63, 3.8) is 0 Å². The number of oxazole rings is 1. The number of rotatable bonds is 6. The van der Waals surface area contributed by atoms with E-state index in [1.807, 2.05) is 12.1 Å². The largest absolute Gasteiger partial charge is 0.507 e. The van der Waals surface area contributed by atoms with Crippen molar-refractivity contribution in [2.24, 2.45) is 0 Å². The van der Waals surface area contributed by atoms with Gasteiger partial charge in [-0.15, -0.1) is 0 Å². The predicted octanol–water partition coefficient (Wildman–Crippen LogP) is 4.61. The standard InChI is InChI=1S/C27H20N2O6/c30-23-12-18-6-7-19(26(32)28-13-16-3-8-24-22(10-16)29-14-35-24)11-20(18)25(31)21(23)9-15-1-4-17(5-2-15)27(33)34/h1-8,10-12,14,30-31H,9,13H2,(H,28,32)(H,33,34). The lowest BCUT2D eigenvalue weighted by atomic mass is 9.96. The molecule has 0 saturated carbocycles. The van der Waals surface area contributed by atoms with Crippen molar-refractivity contribution in [2.45, 2.75) is 13.0 Å². The van der Waals surface area contributed by atoms with Gasteiger partial charge in [0.25, 0.3) is 5.91 Å². The maximum Gasteiger partial charge on any atom is 0.335 e. The first-order valence-corrected chi connectivity index (χ1v) is 10.8. The number of benzene rings is 4. The molecule has 0 bridgehead atoms. The summed E-state index contributed by atoms with van der Waals surface area (Å²) in [6.45, 7) is 0.290. The van der Waals surface area contributed by atoms with Crippen molar-refractivity contribution in [3.05, 3.63) is 101 Å². The zero-order chi connectivity index (χ0) is 24.5. The van der Waals surface area contributed by atoms with Crippen LogP contribution in [0.2, 0.25) is 0 Å². The number of aromatic carboxylic acids is 1.